The Labute approximate surface area is 206 Å². The minimum absolute atomic E-state index is 0.176. The molecule has 35 heavy (non-hydrogen) atoms. The number of hydrogen-bond donors (Lipinski definition) is 1. The Morgan fingerprint density at radius 1 is 1.14 bits per heavy atom. The molecule has 1 aliphatic heterocycles. The first-order chi connectivity index (χ1) is 16.8. The second kappa shape index (κ2) is 8.82. The van der Waals surface area contributed by atoms with Crippen LogP contribution < -0.4 is 14.9 Å². The number of methoxy groups -OCH3 is 1. The van der Waals surface area contributed by atoms with Crippen LogP contribution in [0.25, 0.3) is 17.0 Å². The molecule has 2 aromatic heterocycles. The number of nitrogens with one attached hydrogen (secondary N) is 1. The molecule has 1 N–H and O–H groups in total. The lowest BCUT2D eigenvalue weighted by atomic mass is 9.93. The van der Waals surface area contributed by atoms with Gasteiger partial charge in [-0.05, 0) is 43.0 Å². The molecule has 1 aliphatic rings. The Bertz CT molecular complexity index is 1670. The molecule has 0 saturated carbocycles. The highest BCUT2D eigenvalue weighted by Gasteiger charge is 2.33. The van der Waals surface area contributed by atoms with Crippen LogP contribution in [0.4, 0.5) is 0 Å². The van der Waals surface area contributed by atoms with Crippen molar-refractivity contribution < 1.29 is 9.53 Å². The summed E-state index contributed by atoms with van der Waals surface area (Å²) in [6, 6.07) is 15.5. The largest absolute Gasteiger partial charge is 0.466 e. The average Bonchev–Trinajstić information content (AvgIpc) is 3.33. The number of carbonyl (C=O) groups is 1. The summed E-state index contributed by atoms with van der Waals surface area (Å²) in [6.07, 6.45) is 1.92. The topological polar surface area (TPSA) is 76.4 Å². The maximum Gasteiger partial charge on any atom is 0.338 e. The number of benzene rings is 2. The van der Waals surface area contributed by atoms with E-state index in [0.29, 0.717) is 26.5 Å². The fourth-order valence-corrected chi connectivity index (χ4v) is 5.72. The van der Waals surface area contributed by atoms with E-state index in [1.165, 1.54) is 24.0 Å². The first kappa shape index (κ1) is 23.1. The molecular weight excluding hydrogens is 458 g/mol. The first-order valence-corrected chi connectivity index (χ1v) is 12.4. The molecule has 5 rings (SSSR count). The monoisotopic (exact) mass is 485 g/mol. The van der Waals surface area contributed by atoms with Crippen LogP contribution in [0.5, 0.6) is 0 Å². The summed E-state index contributed by atoms with van der Waals surface area (Å²) in [4.78, 5) is 35.3. The van der Waals surface area contributed by atoms with Gasteiger partial charge in [-0.3, -0.25) is 9.36 Å². The molecule has 0 spiro atoms. The molecule has 0 radical (unpaired) electrons. The molecule has 4 aromatic rings. The predicted molar refractivity (Wildman–Crippen MR) is 139 cm³/mol. The SMILES string of the molecule is COC(=O)C1=C(C)N=c2sc(=Cc3c(C)[nH]c4ccccc34)c(=O)n2[C@H]1c1ccc(C(C)C)cc1. The number of H-pyrrole nitrogens is 1. The van der Waals surface area contributed by atoms with Gasteiger partial charge in [0.15, 0.2) is 4.80 Å². The number of nitrogens with zero attached hydrogens (tertiary/aromatic N) is 2. The van der Waals surface area contributed by atoms with Crippen molar-refractivity contribution in [2.75, 3.05) is 7.11 Å². The predicted octanol–water partition coefficient (Wildman–Crippen LogP) is 4.32. The maximum absolute atomic E-state index is 13.8. The van der Waals surface area contributed by atoms with E-state index in [2.05, 4.69) is 36.0 Å². The quantitative estimate of drug-likeness (QED) is 0.438. The number of aromatic nitrogens is 2. The van der Waals surface area contributed by atoms with Crippen molar-refractivity contribution >= 4 is 34.3 Å². The van der Waals surface area contributed by atoms with E-state index >= 15 is 0 Å². The Hall–Kier alpha value is -3.71. The smallest absolute Gasteiger partial charge is 0.338 e. The molecule has 178 valence electrons. The van der Waals surface area contributed by atoms with Gasteiger partial charge in [0.1, 0.15) is 0 Å². The Morgan fingerprint density at radius 2 is 1.86 bits per heavy atom. The van der Waals surface area contributed by atoms with Crippen LogP contribution in [0, 0.1) is 6.92 Å². The van der Waals surface area contributed by atoms with Gasteiger partial charge in [-0.25, -0.2) is 9.79 Å². The van der Waals surface area contributed by atoms with E-state index in [1.807, 2.05) is 49.4 Å². The molecule has 0 saturated heterocycles. The van der Waals surface area contributed by atoms with Gasteiger partial charge in [0, 0.05) is 22.2 Å². The number of thiazole rings is 1. The third-order valence-corrected chi connectivity index (χ3v) is 7.55. The average molecular weight is 486 g/mol. The Morgan fingerprint density at radius 3 is 2.54 bits per heavy atom. The van der Waals surface area contributed by atoms with Crippen LogP contribution in [0.3, 0.4) is 0 Å². The molecular formula is C28H27N3O3S. The highest BCUT2D eigenvalue weighted by Crippen LogP contribution is 2.31. The van der Waals surface area contributed by atoms with Crippen molar-refractivity contribution in [2.45, 2.75) is 39.7 Å². The number of aromatic amines is 1. The van der Waals surface area contributed by atoms with Crippen LogP contribution in [0.15, 0.2) is 69.6 Å². The highest BCUT2D eigenvalue weighted by molar-refractivity contribution is 7.07. The van der Waals surface area contributed by atoms with E-state index in [4.69, 9.17) is 4.74 Å². The zero-order valence-electron chi connectivity index (χ0n) is 20.4. The molecule has 6 nitrogen and oxygen atoms in total. The van der Waals surface area contributed by atoms with Gasteiger partial charge in [0.25, 0.3) is 5.56 Å². The van der Waals surface area contributed by atoms with Crippen molar-refractivity contribution in [3.05, 3.63) is 102 Å². The van der Waals surface area contributed by atoms with Crippen LogP contribution in [0.1, 0.15) is 55.1 Å². The minimum Gasteiger partial charge on any atom is -0.466 e. The van der Waals surface area contributed by atoms with Gasteiger partial charge in [-0.1, -0.05) is 67.6 Å². The van der Waals surface area contributed by atoms with Crippen molar-refractivity contribution in [3.8, 4) is 0 Å². The van der Waals surface area contributed by atoms with E-state index in [-0.39, 0.29) is 5.56 Å². The van der Waals surface area contributed by atoms with Gasteiger partial charge >= 0.3 is 5.97 Å². The van der Waals surface area contributed by atoms with Crippen LogP contribution in [-0.4, -0.2) is 22.6 Å². The van der Waals surface area contributed by atoms with Gasteiger partial charge in [-0.15, -0.1) is 0 Å². The molecule has 2 aromatic carbocycles. The molecule has 0 fully saturated rings. The minimum atomic E-state index is -0.605. The fraction of sp³-hybridized carbons (Fsp3) is 0.250. The van der Waals surface area contributed by atoms with Crippen molar-refractivity contribution in [1.82, 2.24) is 9.55 Å². The standard InChI is InChI=1S/C28H27N3O3S/c1-15(2)18-10-12-19(13-11-18)25-24(27(33)34-5)17(4)30-28-31(25)26(32)23(35-28)14-21-16(3)29-22-9-7-6-8-20(21)22/h6-15,25,29H,1-5H3/t25-/m0/s1. The lowest BCUT2D eigenvalue weighted by molar-refractivity contribution is -0.136. The summed E-state index contributed by atoms with van der Waals surface area (Å²) < 4.78 is 7.30. The van der Waals surface area contributed by atoms with Gasteiger partial charge < -0.3 is 9.72 Å². The third-order valence-electron chi connectivity index (χ3n) is 6.56. The zero-order chi connectivity index (χ0) is 24.9. The first-order valence-electron chi connectivity index (χ1n) is 11.6. The van der Waals surface area contributed by atoms with Crippen molar-refractivity contribution in [1.29, 1.82) is 0 Å². The lowest BCUT2D eigenvalue weighted by Crippen LogP contribution is -2.39. The van der Waals surface area contributed by atoms with E-state index < -0.39 is 12.0 Å². The summed E-state index contributed by atoms with van der Waals surface area (Å²) in [5.41, 5.74) is 5.80. The molecule has 0 amide bonds. The van der Waals surface area contributed by atoms with Crippen LogP contribution in [0.2, 0.25) is 0 Å². The lowest BCUT2D eigenvalue weighted by Gasteiger charge is -2.24. The van der Waals surface area contributed by atoms with Gasteiger partial charge in [-0.2, -0.15) is 0 Å². The van der Waals surface area contributed by atoms with E-state index in [9.17, 15) is 9.59 Å². The summed E-state index contributed by atoms with van der Waals surface area (Å²) in [5, 5.41) is 1.06. The zero-order valence-corrected chi connectivity index (χ0v) is 21.2. The summed E-state index contributed by atoms with van der Waals surface area (Å²) in [7, 11) is 1.35. The number of esters is 1. The number of ether oxygens (including phenoxy) is 1. The van der Waals surface area contributed by atoms with Crippen LogP contribution in [-0.2, 0) is 9.53 Å². The highest BCUT2D eigenvalue weighted by atomic mass is 32.1. The number of para-hydroxylation sites is 1. The molecule has 3 heterocycles. The number of rotatable bonds is 4. The normalized spacial score (nSPS) is 16.1. The molecule has 1 atom stereocenters. The molecule has 0 aliphatic carbocycles. The summed E-state index contributed by atoms with van der Waals surface area (Å²) >= 11 is 1.34. The number of aryl methyl sites for hydroxylation is 1. The Kier molecular flexibility index (Phi) is 5.81. The van der Waals surface area contributed by atoms with Crippen molar-refractivity contribution in [3.63, 3.8) is 0 Å². The maximum atomic E-state index is 13.8. The number of carbonyl (C=O) groups excluding carboxylic acids is 1. The van der Waals surface area contributed by atoms with Crippen LogP contribution >= 0.6 is 11.3 Å². The second-order valence-corrected chi connectivity index (χ2v) is 10.1. The third kappa shape index (κ3) is 3.86. The number of allylic oxidation sites excluding steroid dienone is 1. The van der Waals surface area contributed by atoms with Gasteiger partial charge in [0.05, 0.1) is 29.0 Å². The fourth-order valence-electron chi connectivity index (χ4n) is 4.69. The van der Waals surface area contributed by atoms with Gasteiger partial charge in [0.2, 0.25) is 0 Å². The van der Waals surface area contributed by atoms with Crippen molar-refractivity contribution in [2.24, 2.45) is 4.99 Å². The number of hydrogen-bond acceptors (Lipinski definition) is 5. The summed E-state index contributed by atoms with van der Waals surface area (Å²) in [6.45, 7) is 8.06. The Balaban J connectivity index is 1.75. The molecule has 7 heteroatoms. The second-order valence-electron chi connectivity index (χ2n) is 9.10. The molecule has 0 bridgehead atoms. The van der Waals surface area contributed by atoms with E-state index in [0.717, 1.165) is 27.7 Å². The molecule has 0 unspecified atom stereocenters. The van der Waals surface area contributed by atoms with E-state index in [1.54, 1.807) is 11.5 Å². The number of fused-ring (bicyclic) bond motifs is 2. The summed E-state index contributed by atoms with van der Waals surface area (Å²) in [5.74, 6) is -0.103.